The zero-order valence-corrected chi connectivity index (χ0v) is 28.4. The van der Waals surface area contributed by atoms with Crippen molar-refractivity contribution in [3.63, 3.8) is 0 Å². The van der Waals surface area contributed by atoms with E-state index in [1.165, 1.54) is 38.5 Å². The van der Waals surface area contributed by atoms with Gasteiger partial charge in [0.25, 0.3) is 0 Å². The number of nitrogens with one attached hydrogen (secondary N) is 1. The molecule has 0 radical (unpaired) electrons. The fourth-order valence-corrected chi connectivity index (χ4v) is 4.65. The second-order valence-corrected chi connectivity index (χ2v) is 11.6. The third kappa shape index (κ3) is 31.0. The van der Waals surface area contributed by atoms with Crippen LogP contribution in [0.1, 0.15) is 142 Å². The molecule has 4 heteroatoms. The minimum Gasteiger partial charge on any atom is -0.394 e. The lowest BCUT2D eigenvalue weighted by atomic mass is 10.1. The van der Waals surface area contributed by atoms with Crippen LogP contribution >= 0.6 is 0 Å². The maximum atomic E-state index is 12.3. The summed E-state index contributed by atoms with van der Waals surface area (Å²) >= 11 is 0. The van der Waals surface area contributed by atoms with Gasteiger partial charge in [0.2, 0.25) is 5.91 Å². The molecule has 0 aromatic heterocycles. The Morgan fingerprint density at radius 1 is 0.568 bits per heavy atom. The second-order valence-electron chi connectivity index (χ2n) is 11.6. The number of carbonyl (C=O) groups excluding carboxylic acids is 1. The normalized spacial score (nSPS) is 14.2. The smallest absolute Gasteiger partial charge is 0.220 e. The van der Waals surface area contributed by atoms with E-state index in [-0.39, 0.29) is 12.5 Å². The Balaban J connectivity index is 3.74. The first-order chi connectivity index (χ1) is 21.7. The van der Waals surface area contributed by atoms with Crippen LogP contribution in [0, 0.1) is 0 Å². The van der Waals surface area contributed by atoms with E-state index in [0.717, 1.165) is 83.5 Å². The molecule has 0 bridgehead atoms. The van der Waals surface area contributed by atoms with Crippen LogP contribution in [0.25, 0.3) is 0 Å². The topological polar surface area (TPSA) is 69.6 Å². The van der Waals surface area contributed by atoms with Crippen molar-refractivity contribution in [3.05, 3.63) is 85.1 Å². The summed E-state index contributed by atoms with van der Waals surface area (Å²) in [6.07, 6.45) is 50.9. The molecule has 44 heavy (non-hydrogen) atoms. The summed E-state index contributed by atoms with van der Waals surface area (Å²) in [5, 5.41) is 22.7. The molecule has 3 N–H and O–H groups in total. The molecule has 0 aliphatic heterocycles. The highest BCUT2D eigenvalue weighted by Gasteiger charge is 2.17. The predicted molar refractivity (Wildman–Crippen MR) is 193 cm³/mol. The summed E-state index contributed by atoms with van der Waals surface area (Å²) in [6.45, 7) is 4.12. The van der Waals surface area contributed by atoms with Gasteiger partial charge in [0.1, 0.15) is 0 Å². The van der Waals surface area contributed by atoms with Gasteiger partial charge >= 0.3 is 0 Å². The number of allylic oxidation sites excluding steroid dienone is 13. The SMILES string of the molecule is CC/C=C\C/C=C\C/C=C\C/C=C\C/C=C\C/C=C\CCCCCCC(=O)NC(CO)C(O)/C=C/CCCCCCCCC. The van der Waals surface area contributed by atoms with Crippen molar-refractivity contribution in [1.29, 1.82) is 0 Å². The molecule has 0 spiro atoms. The molecule has 0 rings (SSSR count). The first-order valence-corrected chi connectivity index (χ1v) is 17.8. The van der Waals surface area contributed by atoms with Crippen molar-refractivity contribution < 1.29 is 15.0 Å². The summed E-state index contributed by atoms with van der Waals surface area (Å²) in [5.74, 6) is -0.0967. The largest absolute Gasteiger partial charge is 0.394 e. The highest BCUT2D eigenvalue weighted by Crippen LogP contribution is 2.10. The van der Waals surface area contributed by atoms with Gasteiger partial charge in [-0.3, -0.25) is 4.79 Å². The fourth-order valence-electron chi connectivity index (χ4n) is 4.65. The molecule has 2 unspecified atom stereocenters. The summed E-state index contributed by atoms with van der Waals surface area (Å²) < 4.78 is 0. The van der Waals surface area contributed by atoms with Crippen LogP contribution < -0.4 is 5.32 Å². The summed E-state index contributed by atoms with van der Waals surface area (Å²) in [6, 6.07) is -0.638. The maximum Gasteiger partial charge on any atom is 0.220 e. The zero-order valence-electron chi connectivity index (χ0n) is 28.4. The Bertz CT molecular complexity index is 834. The van der Waals surface area contributed by atoms with E-state index in [9.17, 15) is 15.0 Å². The number of aliphatic hydroxyl groups is 2. The molecule has 0 heterocycles. The van der Waals surface area contributed by atoms with Crippen LogP contribution in [0.3, 0.4) is 0 Å². The van der Waals surface area contributed by atoms with Gasteiger partial charge in [-0.15, -0.1) is 0 Å². The fraction of sp³-hybridized carbons (Fsp3) is 0.625. The Kier molecular flexibility index (Phi) is 33.1. The van der Waals surface area contributed by atoms with E-state index in [2.05, 4.69) is 92.1 Å². The standard InChI is InChI=1S/C40H67NO3/c1-3-5-7-9-11-13-14-15-16-17-18-19-20-21-22-23-24-25-26-28-30-32-34-36-40(44)41-38(37-42)39(43)35-33-31-29-27-12-10-8-6-4-2/h5,7,11,13,15-16,18-19,21-22,24-25,33,35,38-39,42-43H,3-4,6,8-10,12,14,17,20,23,26-32,34,36-37H2,1-2H3,(H,41,44)/b7-5-,13-11-,16-15-,19-18-,22-21-,25-24-,35-33+. The average molecular weight is 610 g/mol. The summed E-state index contributed by atoms with van der Waals surface area (Å²) in [5.41, 5.74) is 0. The number of carbonyl (C=O) groups is 1. The van der Waals surface area contributed by atoms with Crippen LogP contribution in [0.15, 0.2) is 85.1 Å². The molecule has 2 atom stereocenters. The summed E-state index contributed by atoms with van der Waals surface area (Å²) in [7, 11) is 0. The lowest BCUT2D eigenvalue weighted by Gasteiger charge is -2.20. The molecule has 1 amide bonds. The molecule has 4 nitrogen and oxygen atoms in total. The Morgan fingerprint density at radius 2 is 1.00 bits per heavy atom. The van der Waals surface area contributed by atoms with Crippen molar-refractivity contribution in [2.45, 2.75) is 154 Å². The second kappa shape index (κ2) is 35.1. The first-order valence-electron chi connectivity index (χ1n) is 17.8. The monoisotopic (exact) mass is 610 g/mol. The van der Waals surface area contributed by atoms with Crippen LogP contribution in [0.5, 0.6) is 0 Å². The van der Waals surface area contributed by atoms with Crippen molar-refractivity contribution in [2.24, 2.45) is 0 Å². The van der Waals surface area contributed by atoms with Crippen molar-refractivity contribution in [2.75, 3.05) is 6.61 Å². The molecule has 0 aliphatic rings. The average Bonchev–Trinajstić information content (AvgIpc) is 3.03. The molecular formula is C40H67NO3. The third-order valence-corrected chi connectivity index (χ3v) is 7.38. The summed E-state index contributed by atoms with van der Waals surface area (Å²) in [4.78, 5) is 12.3. The van der Waals surface area contributed by atoms with Gasteiger partial charge in [0.15, 0.2) is 0 Å². The lowest BCUT2D eigenvalue weighted by Crippen LogP contribution is -2.45. The molecule has 250 valence electrons. The van der Waals surface area contributed by atoms with Crippen molar-refractivity contribution in [3.8, 4) is 0 Å². The minimum absolute atomic E-state index is 0.0967. The van der Waals surface area contributed by atoms with Gasteiger partial charge in [-0.05, 0) is 70.6 Å². The van der Waals surface area contributed by atoms with E-state index < -0.39 is 12.1 Å². The number of hydrogen-bond donors (Lipinski definition) is 3. The van der Waals surface area contributed by atoms with E-state index in [1.54, 1.807) is 6.08 Å². The Labute approximate surface area is 271 Å². The van der Waals surface area contributed by atoms with Crippen LogP contribution in [0.4, 0.5) is 0 Å². The molecular weight excluding hydrogens is 542 g/mol. The van der Waals surface area contributed by atoms with Gasteiger partial charge in [-0.2, -0.15) is 0 Å². The number of aliphatic hydroxyl groups excluding tert-OH is 2. The molecule has 0 aromatic carbocycles. The van der Waals surface area contributed by atoms with E-state index >= 15 is 0 Å². The minimum atomic E-state index is -0.852. The van der Waals surface area contributed by atoms with Crippen molar-refractivity contribution in [1.82, 2.24) is 5.32 Å². The third-order valence-electron chi connectivity index (χ3n) is 7.38. The molecule has 0 aromatic rings. The van der Waals surface area contributed by atoms with Gasteiger partial charge in [-0.25, -0.2) is 0 Å². The first kappa shape index (κ1) is 41.6. The zero-order chi connectivity index (χ0) is 32.2. The van der Waals surface area contributed by atoms with Gasteiger partial charge in [0.05, 0.1) is 18.8 Å². The van der Waals surface area contributed by atoms with Crippen LogP contribution in [-0.2, 0) is 4.79 Å². The van der Waals surface area contributed by atoms with E-state index in [0.29, 0.717) is 6.42 Å². The Hall–Kier alpha value is -2.43. The Morgan fingerprint density at radius 3 is 1.50 bits per heavy atom. The van der Waals surface area contributed by atoms with Crippen LogP contribution in [0.2, 0.25) is 0 Å². The maximum absolute atomic E-state index is 12.3. The number of rotatable bonds is 30. The quantitative estimate of drug-likeness (QED) is 0.0560. The number of unbranched alkanes of at least 4 members (excludes halogenated alkanes) is 11. The highest BCUT2D eigenvalue weighted by atomic mass is 16.3. The predicted octanol–water partition coefficient (Wildman–Crippen LogP) is 10.6. The number of amides is 1. The van der Waals surface area contributed by atoms with Gasteiger partial charge in [0, 0.05) is 6.42 Å². The molecule has 0 fully saturated rings. The molecule has 0 saturated heterocycles. The van der Waals surface area contributed by atoms with Gasteiger partial charge < -0.3 is 15.5 Å². The van der Waals surface area contributed by atoms with Crippen molar-refractivity contribution >= 4 is 5.91 Å². The van der Waals surface area contributed by atoms with E-state index in [4.69, 9.17) is 0 Å². The highest BCUT2D eigenvalue weighted by molar-refractivity contribution is 5.76. The van der Waals surface area contributed by atoms with Crippen LogP contribution in [-0.4, -0.2) is 34.9 Å². The lowest BCUT2D eigenvalue weighted by molar-refractivity contribution is -0.123. The van der Waals surface area contributed by atoms with Gasteiger partial charge in [-0.1, -0.05) is 150 Å². The molecule has 0 saturated carbocycles. The van der Waals surface area contributed by atoms with E-state index in [1.807, 2.05) is 6.08 Å². The number of hydrogen-bond acceptors (Lipinski definition) is 3. The molecule has 0 aliphatic carbocycles.